The Kier molecular flexibility index (Phi) is 5.55. The fourth-order valence-corrected chi connectivity index (χ4v) is 4.18. The maximum Gasteiger partial charge on any atom is 0.258 e. The summed E-state index contributed by atoms with van der Waals surface area (Å²) < 4.78 is 0. The number of para-hydroxylation sites is 2. The van der Waals surface area contributed by atoms with Gasteiger partial charge >= 0.3 is 0 Å². The summed E-state index contributed by atoms with van der Waals surface area (Å²) in [6.45, 7) is 0.635. The normalized spacial score (nSPS) is 15.1. The van der Waals surface area contributed by atoms with E-state index in [4.69, 9.17) is 0 Å². The van der Waals surface area contributed by atoms with E-state index < -0.39 is 0 Å². The van der Waals surface area contributed by atoms with Gasteiger partial charge in [-0.1, -0.05) is 12.1 Å². The van der Waals surface area contributed by atoms with Crippen molar-refractivity contribution in [1.29, 1.82) is 0 Å². The van der Waals surface area contributed by atoms with Crippen LogP contribution < -0.4 is 20.4 Å². The van der Waals surface area contributed by atoms with E-state index in [2.05, 4.69) is 10.6 Å². The predicted molar refractivity (Wildman–Crippen MR) is 129 cm³/mol. The minimum absolute atomic E-state index is 0.0621. The van der Waals surface area contributed by atoms with Crippen molar-refractivity contribution >= 4 is 46.4 Å². The summed E-state index contributed by atoms with van der Waals surface area (Å²) in [5, 5.41) is 5.58. The van der Waals surface area contributed by atoms with Gasteiger partial charge in [0.1, 0.15) is 6.54 Å². The smallest absolute Gasteiger partial charge is 0.258 e. The van der Waals surface area contributed by atoms with Crippen molar-refractivity contribution in [2.45, 2.75) is 12.8 Å². The molecule has 0 saturated carbocycles. The zero-order valence-corrected chi connectivity index (χ0v) is 18.3. The molecule has 0 radical (unpaired) electrons. The van der Waals surface area contributed by atoms with Crippen LogP contribution in [0.25, 0.3) is 0 Å². The molecule has 4 amide bonds. The Morgan fingerprint density at radius 1 is 0.853 bits per heavy atom. The first-order chi connectivity index (χ1) is 16.5. The van der Waals surface area contributed by atoms with Gasteiger partial charge in [0.15, 0.2) is 0 Å². The van der Waals surface area contributed by atoms with E-state index in [1.165, 1.54) is 4.90 Å². The van der Waals surface area contributed by atoms with Gasteiger partial charge in [-0.15, -0.1) is 0 Å². The van der Waals surface area contributed by atoms with Gasteiger partial charge in [-0.2, -0.15) is 0 Å². The number of benzene rings is 3. The fraction of sp³-hybridized carbons (Fsp3) is 0.154. The summed E-state index contributed by atoms with van der Waals surface area (Å²) in [5.41, 5.74) is 3.43. The molecule has 5 rings (SSSR count). The topological polar surface area (TPSA) is 98.8 Å². The lowest BCUT2D eigenvalue weighted by atomic mass is 10.1. The lowest BCUT2D eigenvalue weighted by Gasteiger charge is -2.29. The molecule has 0 aromatic heterocycles. The summed E-state index contributed by atoms with van der Waals surface area (Å²) in [5.74, 6) is -0.746. The maximum atomic E-state index is 13.1. The van der Waals surface area contributed by atoms with Crippen LogP contribution >= 0.6 is 0 Å². The highest BCUT2D eigenvalue weighted by Gasteiger charge is 2.27. The molecular formula is C26H22N4O4. The number of rotatable bonds is 4. The molecule has 34 heavy (non-hydrogen) atoms. The Balaban J connectivity index is 1.26. The second-order valence-corrected chi connectivity index (χ2v) is 8.18. The van der Waals surface area contributed by atoms with Crippen LogP contribution in [-0.2, 0) is 9.59 Å². The lowest BCUT2D eigenvalue weighted by Crippen LogP contribution is -2.42. The Labute approximate surface area is 196 Å². The monoisotopic (exact) mass is 454 g/mol. The van der Waals surface area contributed by atoms with E-state index in [1.54, 1.807) is 71.6 Å². The van der Waals surface area contributed by atoms with Crippen molar-refractivity contribution in [2.24, 2.45) is 0 Å². The number of carbonyl (C=O) groups is 4. The van der Waals surface area contributed by atoms with E-state index in [0.717, 1.165) is 12.1 Å². The summed E-state index contributed by atoms with van der Waals surface area (Å²) in [6.07, 6.45) is 1.40. The van der Waals surface area contributed by atoms with Crippen LogP contribution in [-0.4, -0.2) is 36.7 Å². The number of carbonyl (C=O) groups excluding carboxylic acids is 4. The Hall–Kier alpha value is -4.46. The van der Waals surface area contributed by atoms with E-state index in [1.807, 2.05) is 6.07 Å². The van der Waals surface area contributed by atoms with Gasteiger partial charge in [-0.05, 0) is 67.1 Å². The minimum Gasteiger partial charge on any atom is -0.323 e. The van der Waals surface area contributed by atoms with Crippen LogP contribution in [0, 0.1) is 0 Å². The SMILES string of the molecule is O=C1CN(C(=O)c2ccc(NC(=O)c3ccc(N4CCCC4=O)cc3)cc2)c2ccccc2N1. The third-order valence-electron chi connectivity index (χ3n) is 5.92. The van der Waals surface area contributed by atoms with Gasteiger partial charge in [0.2, 0.25) is 11.8 Å². The molecule has 0 unspecified atom stereocenters. The van der Waals surface area contributed by atoms with E-state index >= 15 is 0 Å². The molecule has 2 heterocycles. The Bertz CT molecular complexity index is 1280. The molecule has 0 spiro atoms. The molecule has 8 nitrogen and oxygen atoms in total. The van der Waals surface area contributed by atoms with Crippen molar-refractivity contribution in [3.8, 4) is 0 Å². The molecule has 0 bridgehead atoms. The van der Waals surface area contributed by atoms with E-state index in [0.29, 0.717) is 41.2 Å². The van der Waals surface area contributed by atoms with Gasteiger partial charge in [0, 0.05) is 35.5 Å². The maximum absolute atomic E-state index is 13.1. The van der Waals surface area contributed by atoms with Gasteiger partial charge in [-0.3, -0.25) is 24.1 Å². The quantitative estimate of drug-likeness (QED) is 0.629. The molecule has 3 aromatic rings. The average molecular weight is 454 g/mol. The Morgan fingerprint density at radius 3 is 2.26 bits per heavy atom. The summed E-state index contributed by atoms with van der Waals surface area (Å²) in [7, 11) is 0. The number of anilines is 4. The van der Waals surface area contributed by atoms with E-state index in [-0.39, 0.29) is 30.2 Å². The third kappa shape index (κ3) is 4.13. The molecule has 1 fully saturated rings. The first-order valence-corrected chi connectivity index (χ1v) is 11.0. The van der Waals surface area contributed by atoms with Gasteiger partial charge in [0.05, 0.1) is 11.4 Å². The summed E-state index contributed by atoms with van der Waals surface area (Å²) in [4.78, 5) is 52.8. The van der Waals surface area contributed by atoms with Crippen molar-refractivity contribution in [1.82, 2.24) is 0 Å². The van der Waals surface area contributed by atoms with Gasteiger partial charge in [-0.25, -0.2) is 0 Å². The standard InChI is InChI=1S/C26H22N4O4/c31-23-16-30(22-5-2-1-4-21(22)28-23)26(34)18-7-11-19(12-8-18)27-25(33)17-9-13-20(14-10-17)29-15-3-6-24(29)32/h1-2,4-5,7-14H,3,6,15-16H2,(H,27,33)(H,28,31). The van der Waals surface area contributed by atoms with Crippen LogP contribution in [0.1, 0.15) is 33.6 Å². The molecule has 0 atom stereocenters. The number of amides is 4. The zero-order valence-electron chi connectivity index (χ0n) is 18.3. The zero-order chi connectivity index (χ0) is 23.7. The highest BCUT2D eigenvalue weighted by atomic mass is 16.2. The highest BCUT2D eigenvalue weighted by Crippen LogP contribution is 2.30. The van der Waals surface area contributed by atoms with Gasteiger partial charge in [0.25, 0.3) is 11.8 Å². The number of fused-ring (bicyclic) bond motifs is 1. The molecular weight excluding hydrogens is 432 g/mol. The van der Waals surface area contributed by atoms with Crippen LogP contribution in [0.3, 0.4) is 0 Å². The fourth-order valence-electron chi connectivity index (χ4n) is 4.18. The number of hydrogen-bond donors (Lipinski definition) is 2. The van der Waals surface area contributed by atoms with Crippen molar-refractivity contribution < 1.29 is 19.2 Å². The predicted octanol–water partition coefficient (Wildman–Crippen LogP) is 3.66. The second kappa shape index (κ2) is 8.82. The summed E-state index contributed by atoms with van der Waals surface area (Å²) in [6, 6.07) is 20.6. The van der Waals surface area contributed by atoms with Crippen LogP contribution in [0.2, 0.25) is 0 Å². The largest absolute Gasteiger partial charge is 0.323 e. The van der Waals surface area contributed by atoms with E-state index in [9.17, 15) is 19.2 Å². The van der Waals surface area contributed by atoms with Gasteiger partial charge < -0.3 is 15.5 Å². The molecule has 1 saturated heterocycles. The molecule has 2 N–H and O–H groups in total. The first kappa shape index (κ1) is 21.4. The van der Waals surface area contributed by atoms with Crippen molar-refractivity contribution in [2.75, 3.05) is 33.5 Å². The highest BCUT2D eigenvalue weighted by molar-refractivity contribution is 6.15. The average Bonchev–Trinajstić information content (AvgIpc) is 3.29. The minimum atomic E-state index is -0.299. The first-order valence-electron chi connectivity index (χ1n) is 11.0. The third-order valence-corrected chi connectivity index (χ3v) is 5.92. The molecule has 2 aliphatic rings. The second-order valence-electron chi connectivity index (χ2n) is 8.18. The van der Waals surface area contributed by atoms with Crippen LogP contribution in [0.4, 0.5) is 22.7 Å². The lowest BCUT2D eigenvalue weighted by molar-refractivity contribution is -0.117. The molecule has 0 aliphatic carbocycles. The molecule has 3 aromatic carbocycles. The molecule has 170 valence electrons. The number of nitrogens with one attached hydrogen (secondary N) is 2. The number of hydrogen-bond acceptors (Lipinski definition) is 4. The van der Waals surface area contributed by atoms with Crippen LogP contribution in [0.5, 0.6) is 0 Å². The van der Waals surface area contributed by atoms with Crippen LogP contribution in [0.15, 0.2) is 72.8 Å². The molecule has 2 aliphatic heterocycles. The Morgan fingerprint density at radius 2 is 1.56 bits per heavy atom. The van der Waals surface area contributed by atoms with Crippen molar-refractivity contribution in [3.63, 3.8) is 0 Å². The number of nitrogens with zero attached hydrogens (tertiary/aromatic N) is 2. The summed E-state index contributed by atoms with van der Waals surface area (Å²) >= 11 is 0. The molecule has 8 heteroatoms. The van der Waals surface area contributed by atoms with Crippen molar-refractivity contribution in [3.05, 3.63) is 83.9 Å².